The van der Waals surface area contributed by atoms with Gasteiger partial charge in [-0.25, -0.2) is 0 Å². The predicted octanol–water partition coefficient (Wildman–Crippen LogP) is 4.19. The molecule has 0 saturated heterocycles. The zero-order valence-electron chi connectivity index (χ0n) is 16.1. The molecule has 0 aromatic rings. The lowest BCUT2D eigenvalue weighted by Crippen LogP contribution is -2.27. The summed E-state index contributed by atoms with van der Waals surface area (Å²) >= 11 is 0. The van der Waals surface area contributed by atoms with Gasteiger partial charge in [-0.3, -0.25) is 0 Å². The Labute approximate surface area is 143 Å². The highest BCUT2D eigenvalue weighted by atomic mass is 16.6. The van der Waals surface area contributed by atoms with E-state index in [1.54, 1.807) is 6.92 Å². The van der Waals surface area contributed by atoms with Crippen molar-refractivity contribution in [1.29, 1.82) is 0 Å². The number of unbranched alkanes of at least 4 members (excludes halogenated alkanes) is 2. The van der Waals surface area contributed by atoms with Crippen LogP contribution >= 0.6 is 0 Å². The van der Waals surface area contributed by atoms with E-state index in [0.717, 1.165) is 31.8 Å². The van der Waals surface area contributed by atoms with Crippen LogP contribution in [0.5, 0.6) is 0 Å². The molecule has 0 fully saturated rings. The Morgan fingerprint density at radius 3 is 2.17 bits per heavy atom. The van der Waals surface area contributed by atoms with Crippen molar-refractivity contribution in [1.82, 2.24) is 0 Å². The van der Waals surface area contributed by atoms with Gasteiger partial charge in [-0.05, 0) is 32.6 Å². The molecule has 23 heavy (non-hydrogen) atoms. The molecule has 140 valence electrons. The van der Waals surface area contributed by atoms with Gasteiger partial charge in [-0.15, -0.1) is 0 Å². The fourth-order valence-electron chi connectivity index (χ4n) is 2.31. The van der Waals surface area contributed by atoms with Crippen LogP contribution in [0, 0.1) is 5.92 Å². The first kappa shape index (κ1) is 22.8. The molecule has 0 heterocycles. The Bertz CT molecular complexity index is 244. The number of rotatable bonds is 16. The lowest BCUT2D eigenvalue weighted by atomic mass is 10.1. The molecule has 1 N–H and O–H groups in total. The van der Waals surface area contributed by atoms with Crippen LogP contribution in [0.4, 0.5) is 0 Å². The molecule has 0 amide bonds. The normalized spacial score (nSPS) is 15.8. The van der Waals surface area contributed by atoms with Crippen LogP contribution < -0.4 is 0 Å². The van der Waals surface area contributed by atoms with Gasteiger partial charge in [0.25, 0.3) is 0 Å². The minimum atomic E-state index is -0.425. The van der Waals surface area contributed by atoms with Crippen molar-refractivity contribution in [3.63, 3.8) is 0 Å². The standard InChI is InChI=1S/C19H40O4/c1-6-10-19(23-13-17(4)20)15-22-18(5)14-21-12-9-7-8-11-16(2)3/h16-20H,6-15H2,1-5H3. The zero-order valence-corrected chi connectivity index (χ0v) is 16.1. The topological polar surface area (TPSA) is 47.9 Å². The molecule has 4 heteroatoms. The maximum absolute atomic E-state index is 9.30. The molecule has 0 radical (unpaired) electrons. The van der Waals surface area contributed by atoms with Crippen LogP contribution in [0.1, 0.15) is 73.1 Å². The number of aliphatic hydroxyl groups excluding tert-OH is 1. The van der Waals surface area contributed by atoms with Crippen LogP contribution in [0.2, 0.25) is 0 Å². The molecule has 4 nitrogen and oxygen atoms in total. The van der Waals surface area contributed by atoms with Crippen LogP contribution in [0.3, 0.4) is 0 Å². The fourth-order valence-corrected chi connectivity index (χ4v) is 2.31. The predicted molar refractivity (Wildman–Crippen MR) is 95.9 cm³/mol. The molecule has 0 aliphatic carbocycles. The van der Waals surface area contributed by atoms with Crippen LogP contribution in [0.15, 0.2) is 0 Å². The van der Waals surface area contributed by atoms with E-state index in [1.165, 1.54) is 19.3 Å². The minimum absolute atomic E-state index is 0.0630. The van der Waals surface area contributed by atoms with Crippen molar-refractivity contribution in [2.45, 2.75) is 91.5 Å². The van der Waals surface area contributed by atoms with Crippen molar-refractivity contribution < 1.29 is 19.3 Å². The SMILES string of the molecule is CCCC(COC(C)COCCCCCC(C)C)OCC(C)O. The van der Waals surface area contributed by atoms with E-state index in [-0.39, 0.29) is 12.2 Å². The summed E-state index contributed by atoms with van der Waals surface area (Å²) in [7, 11) is 0. The molecule has 0 aliphatic rings. The molecule has 0 spiro atoms. The van der Waals surface area contributed by atoms with E-state index in [1.807, 2.05) is 6.92 Å². The van der Waals surface area contributed by atoms with Crippen LogP contribution in [-0.2, 0) is 14.2 Å². The lowest BCUT2D eigenvalue weighted by molar-refractivity contribution is -0.0785. The maximum atomic E-state index is 9.30. The summed E-state index contributed by atoms with van der Waals surface area (Å²) in [6.45, 7) is 12.8. The molecule has 0 aromatic carbocycles. The molecule has 0 rings (SSSR count). The second-order valence-electron chi connectivity index (χ2n) is 7.06. The first-order chi connectivity index (χ1) is 11.0. The number of aliphatic hydroxyl groups is 1. The third-order valence-electron chi connectivity index (χ3n) is 3.67. The van der Waals surface area contributed by atoms with Crippen molar-refractivity contribution in [2.75, 3.05) is 26.4 Å². The summed E-state index contributed by atoms with van der Waals surface area (Å²) in [5.74, 6) is 0.802. The Hall–Kier alpha value is -0.160. The summed E-state index contributed by atoms with van der Waals surface area (Å²) in [6, 6.07) is 0. The summed E-state index contributed by atoms with van der Waals surface area (Å²) in [6.07, 6.45) is 6.72. The second-order valence-corrected chi connectivity index (χ2v) is 7.06. The highest BCUT2D eigenvalue weighted by molar-refractivity contribution is 4.59. The molecule has 0 saturated carbocycles. The second kappa shape index (κ2) is 15.4. The Morgan fingerprint density at radius 1 is 0.826 bits per heavy atom. The molecule has 3 unspecified atom stereocenters. The summed E-state index contributed by atoms with van der Waals surface area (Å²) in [4.78, 5) is 0. The largest absolute Gasteiger partial charge is 0.391 e. The smallest absolute Gasteiger partial charge is 0.0809 e. The summed E-state index contributed by atoms with van der Waals surface area (Å²) in [5.41, 5.74) is 0. The molecule has 0 aromatic heterocycles. The van der Waals surface area contributed by atoms with Crippen molar-refractivity contribution in [3.05, 3.63) is 0 Å². The van der Waals surface area contributed by atoms with Crippen molar-refractivity contribution >= 4 is 0 Å². The van der Waals surface area contributed by atoms with E-state index >= 15 is 0 Å². The van der Waals surface area contributed by atoms with Crippen LogP contribution in [-0.4, -0.2) is 49.8 Å². The van der Waals surface area contributed by atoms with Gasteiger partial charge in [-0.1, -0.05) is 46.5 Å². The van der Waals surface area contributed by atoms with E-state index in [0.29, 0.717) is 19.8 Å². The third kappa shape index (κ3) is 16.5. The molecule has 3 atom stereocenters. The Kier molecular flexibility index (Phi) is 15.3. The van der Waals surface area contributed by atoms with Gasteiger partial charge in [-0.2, -0.15) is 0 Å². The number of hydrogen-bond donors (Lipinski definition) is 1. The maximum Gasteiger partial charge on any atom is 0.0809 e. The first-order valence-electron chi connectivity index (χ1n) is 9.44. The molecule has 0 aliphatic heterocycles. The van der Waals surface area contributed by atoms with Crippen molar-refractivity contribution in [2.24, 2.45) is 5.92 Å². The molecule has 0 bridgehead atoms. The summed E-state index contributed by atoms with van der Waals surface area (Å²) in [5, 5.41) is 9.30. The Morgan fingerprint density at radius 2 is 1.57 bits per heavy atom. The quantitative estimate of drug-likeness (QED) is 0.431. The zero-order chi connectivity index (χ0) is 17.5. The molecular weight excluding hydrogens is 292 g/mol. The fraction of sp³-hybridized carbons (Fsp3) is 1.00. The third-order valence-corrected chi connectivity index (χ3v) is 3.67. The summed E-state index contributed by atoms with van der Waals surface area (Å²) < 4.78 is 17.2. The monoisotopic (exact) mass is 332 g/mol. The van der Waals surface area contributed by atoms with Crippen molar-refractivity contribution in [3.8, 4) is 0 Å². The Balaban J connectivity index is 3.60. The lowest BCUT2D eigenvalue weighted by Gasteiger charge is -2.21. The van der Waals surface area contributed by atoms with Gasteiger partial charge in [0, 0.05) is 6.61 Å². The van der Waals surface area contributed by atoms with Crippen LogP contribution in [0.25, 0.3) is 0 Å². The van der Waals surface area contributed by atoms with E-state index < -0.39 is 6.10 Å². The highest BCUT2D eigenvalue weighted by Gasteiger charge is 2.12. The molecular formula is C19H40O4. The van der Waals surface area contributed by atoms with Gasteiger partial charge < -0.3 is 19.3 Å². The van der Waals surface area contributed by atoms with E-state index in [2.05, 4.69) is 20.8 Å². The minimum Gasteiger partial charge on any atom is -0.391 e. The average molecular weight is 333 g/mol. The van der Waals surface area contributed by atoms with Gasteiger partial charge >= 0.3 is 0 Å². The number of ether oxygens (including phenoxy) is 3. The highest BCUT2D eigenvalue weighted by Crippen LogP contribution is 2.09. The van der Waals surface area contributed by atoms with Gasteiger partial charge in [0.15, 0.2) is 0 Å². The average Bonchev–Trinajstić information content (AvgIpc) is 2.48. The van der Waals surface area contributed by atoms with E-state index in [4.69, 9.17) is 14.2 Å². The van der Waals surface area contributed by atoms with E-state index in [9.17, 15) is 5.11 Å². The van der Waals surface area contributed by atoms with Gasteiger partial charge in [0.2, 0.25) is 0 Å². The number of hydrogen-bond acceptors (Lipinski definition) is 4. The van der Waals surface area contributed by atoms with Gasteiger partial charge in [0.05, 0.1) is 38.1 Å². The first-order valence-corrected chi connectivity index (χ1v) is 9.44. The van der Waals surface area contributed by atoms with Gasteiger partial charge in [0.1, 0.15) is 0 Å².